The van der Waals surface area contributed by atoms with Gasteiger partial charge in [-0.2, -0.15) is 0 Å². The van der Waals surface area contributed by atoms with Crippen LogP contribution in [0, 0.1) is 0 Å². The predicted molar refractivity (Wildman–Crippen MR) is 117 cm³/mol. The fraction of sp³-hybridized carbons (Fsp3) is 0.333. The molecule has 0 unspecified atom stereocenters. The Balaban J connectivity index is 0.000000367. The first-order chi connectivity index (χ1) is 13.0. The molecule has 0 aromatic heterocycles. The molecular weight excluding hydrogens is 475 g/mol. The van der Waals surface area contributed by atoms with E-state index in [0.717, 1.165) is 7.25 Å². The monoisotopic (exact) mass is 503 g/mol. The summed E-state index contributed by atoms with van der Waals surface area (Å²) in [6.45, 7) is 8.83. The second-order valence-corrected chi connectivity index (χ2v) is 11.8. The topological polar surface area (TPSA) is 3.24 Å². The van der Waals surface area contributed by atoms with Crippen molar-refractivity contribution in [2.75, 3.05) is 0 Å². The molecule has 5 heteroatoms. The molecule has 0 amide bonds. The van der Waals surface area contributed by atoms with Gasteiger partial charge in [0.2, 0.25) is 0 Å². The summed E-state index contributed by atoms with van der Waals surface area (Å²) in [5, 5.41) is 0. The first-order valence-electron chi connectivity index (χ1n) is 9.99. The number of fused-ring (bicyclic) bond motifs is 2. The summed E-state index contributed by atoms with van der Waals surface area (Å²) in [5.74, 6) is 0. The molecular formula is C24H30BCl2NZr. The Morgan fingerprint density at radius 2 is 1.10 bits per heavy atom. The average molecular weight is 505 g/mol. The Morgan fingerprint density at radius 1 is 0.724 bits per heavy atom. The number of hydrogen-bond donors (Lipinski definition) is 0. The van der Waals surface area contributed by atoms with Crippen molar-refractivity contribution in [2.24, 2.45) is 0 Å². The molecule has 4 rings (SSSR count). The van der Waals surface area contributed by atoms with Crippen molar-refractivity contribution in [3.05, 3.63) is 82.9 Å². The van der Waals surface area contributed by atoms with E-state index < -0.39 is 23.2 Å². The van der Waals surface area contributed by atoms with E-state index in [9.17, 15) is 0 Å². The summed E-state index contributed by atoms with van der Waals surface area (Å²) in [7, 11) is 2.15. The van der Waals surface area contributed by atoms with Gasteiger partial charge in [0.1, 0.15) is 0 Å². The van der Waals surface area contributed by atoms with Crippen molar-refractivity contribution < 1.29 is 48.0 Å². The molecule has 2 aliphatic carbocycles. The third-order valence-corrected chi connectivity index (χ3v) is 9.83. The Labute approximate surface area is 201 Å². The molecule has 0 aliphatic heterocycles. The third-order valence-electron chi connectivity index (χ3n) is 5.59. The summed E-state index contributed by atoms with van der Waals surface area (Å²) >= 11 is -0.542. The van der Waals surface area contributed by atoms with Crippen LogP contribution >= 0.6 is 0 Å². The number of rotatable bonds is 4. The van der Waals surface area contributed by atoms with Gasteiger partial charge in [-0.1, -0.05) is 27.7 Å². The van der Waals surface area contributed by atoms with Gasteiger partial charge in [0, 0.05) is 0 Å². The molecule has 2 aliphatic rings. The quantitative estimate of drug-likeness (QED) is 0.496. The van der Waals surface area contributed by atoms with Gasteiger partial charge < -0.3 is 29.6 Å². The van der Waals surface area contributed by atoms with E-state index in [1.165, 1.54) is 11.1 Å². The summed E-state index contributed by atoms with van der Waals surface area (Å²) in [5.41, 5.74) is 5.99. The van der Waals surface area contributed by atoms with E-state index in [0.29, 0.717) is 12.1 Å². The zero-order valence-corrected chi connectivity index (χ0v) is 21.9. The number of halogens is 2. The molecule has 0 saturated heterocycles. The summed E-state index contributed by atoms with van der Waals surface area (Å²) in [4.78, 5) is 2.33. The maximum Gasteiger partial charge on any atom is -1.00 e. The van der Waals surface area contributed by atoms with Crippen LogP contribution in [0.15, 0.2) is 60.7 Å². The molecule has 2 aromatic carbocycles. The molecule has 0 heterocycles. The van der Waals surface area contributed by atoms with Crippen molar-refractivity contribution in [1.29, 1.82) is 0 Å². The molecule has 0 bridgehead atoms. The summed E-state index contributed by atoms with van der Waals surface area (Å²) in [6, 6.07) is 19.1. The zero-order valence-electron chi connectivity index (χ0n) is 17.9. The Bertz CT molecular complexity index is 768. The molecule has 0 fully saturated rings. The standard InChI is InChI=1S/2C9H7.C6H16BN.2ClH.Zr/c2*1-2-5-9-7-3-6-8(9)4-1;1-5(2)8(7)6(3)4;;;/h2*1-7H;5-6H,7H2,1-4H3;2*1H;/q;;;;;+2/p-2. The van der Waals surface area contributed by atoms with Crippen molar-refractivity contribution in [1.82, 2.24) is 4.81 Å². The van der Waals surface area contributed by atoms with Gasteiger partial charge in [0.15, 0.2) is 7.98 Å². The zero-order chi connectivity index (χ0) is 19.4. The fourth-order valence-electron chi connectivity index (χ4n) is 3.58. The fourth-order valence-corrected chi connectivity index (χ4v) is 7.72. The van der Waals surface area contributed by atoms with Gasteiger partial charge in [0.25, 0.3) is 0 Å². The van der Waals surface area contributed by atoms with Crippen LogP contribution in [-0.4, -0.2) is 24.9 Å². The van der Waals surface area contributed by atoms with Crippen molar-refractivity contribution in [2.45, 2.75) is 47.0 Å². The minimum absolute atomic E-state index is 0. The Kier molecular flexibility index (Phi) is 11.2. The van der Waals surface area contributed by atoms with Crippen molar-refractivity contribution >= 4 is 20.1 Å². The molecule has 2 aromatic rings. The van der Waals surface area contributed by atoms with Crippen LogP contribution in [0.3, 0.4) is 0 Å². The minimum atomic E-state index is -0.542. The van der Waals surface area contributed by atoms with Crippen LogP contribution in [0.2, 0.25) is 0 Å². The van der Waals surface area contributed by atoms with Crippen LogP contribution < -0.4 is 24.8 Å². The molecule has 29 heavy (non-hydrogen) atoms. The number of hydrogen-bond acceptors (Lipinski definition) is 1. The Morgan fingerprint density at radius 3 is 1.45 bits per heavy atom. The predicted octanol–water partition coefficient (Wildman–Crippen LogP) is -0.734. The van der Waals surface area contributed by atoms with Gasteiger partial charge in [-0.3, -0.25) is 0 Å². The van der Waals surface area contributed by atoms with E-state index in [-0.39, 0.29) is 24.8 Å². The van der Waals surface area contributed by atoms with Gasteiger partial charge in [-0.15, -0.1) is 0 Å². The van der Waals surface area contributed by atoms with Crippen molar-refractivity contribution in [3.8, 4) is 0 Å². The van der Waals surface area contributed by atoms with E-state index in [4.69, 9.17) is 0 Å². The first kappa shape index (κ1) is 26.4. The second-order valence-electron chi connectivity index (χ2n) is 7.95. The molecule has 0 saturated carbocycles. The van der Waals surface area contributed by atoms with E-state index in [2.05, 4.69) is 113 Å². The van der Waals surface area contributed by atoms with Gasteiger partial charge in [-0.05, 0) is 12.1 Å². The van der Waals surface area contributed by atoms with Crippen LogP contribution in [0.5, 0.6) is 0 Å². The second kappa shape index (κ2) is 12.3. The average Bonchev–Trinajstić information content (AvgIpc) is 3.27. The van der Waals surface area contributed by atoms with Crippen LogP contribution in [-0.2, 0) is 23.2 Å². The molecule has 0 radical (unpaired) electrons. The molecule has 1 nitrogen and oxygen atoms in total. The van der Waals surface area contributed by atoms with E-state index in [1.807, 2.05) is 0 Å². The smallest absolute Gasteiger partial charge is 1.00 e. The number of allylic oxidation sites excluding steroid dienone is 2. The number of nitrogens with zero attached hydrogens (tertiary/aromatic N) is 1. The van der Waals surface area contributed by atoms with Gasteiger partial charge >= 0.3 is 126 Å². The maximum atomic E-state index is 2.44. The summed E-state index contributed by atoms with van der Waals surface area (Å²) < 4.78 is 1.47. The molecule has 0 spiro atoms. The molecule has 0 N–H and O–H groups in total. The molecule has 2 atom stereocenters. The Hall–Kier alpha value is -0.592. The largest absolute Gasteiger partial charge is 1.00 e. The van der Waals surface area contributed by atoms with Crippen LogP contribution in [0.25, 0.3) is 12.2 Å². The van der Waals surface area contributed by atoms with Gasteiger partial charge in [-0.25, -0.2) is 0 Å². The van der Waals surface area contributed by atoms with Gasteiger partial charge in [0.05, 0.1) is 0 Å². The first-order valence-corrected chi connectivity index (χ1v) is 12.8. The third kappa shape index (κ3) is 6.70. The van der Waals surface area contributed by atoms with E-state index >= 15 is 0 Å². The normalized spacial score (nSPS) is 17.8. The maximum absolute atomic E-state index is 2.44. The van der Waals surface area contributed by atoms with E-state index in [1.54, 1.807) is 11.1 Å². The summed E-state index contributed by atoms with van der Waals surface area (Å²) in [6.07, 6.45) is 9.49. The van der Waals surface area contributed by atoms with Crippen LogP contribution in [0.4, 0.5) is 0 Å². The number of benzene rings is 2. The van der Waals surface area contributed by atoms with Crippen LogP contribution in [0.1, 0.15) is 57.2 Å². The SMILES string of the molecule is BN(C(C)C)C(C)C.C1=C[C@H]([Zr+2][C@@H]2C=Cc3ccccc32)c2ccccc21.[Cl-].[Cl-]. The minimum Gasteiger partial charge on any atom is -1.00 e. The molecule has 152 valence electrons. The van der Waals surface area contributed by atoms with Crippen molar-refractivity contribution in [3.63, 3.8) is 0 Å².